The predicted octanol–water partition coefficient (Wildman–Crippen LogP) is 3.48. The predicted molar refractivity (Wildman–Crippen MR) is 99.2 cm³/mol. The number of carbonyl (C=O) groups is 2. The molecule has 0 aromatic heterocycles. The molecule has 128 valence electrons. The van der Waals surface area contributed by atoms with E-state index < -0.39 is 18.4 Å². The van der Waals surface area contributed by atoms with Gasteiger partial charge < -0.3 is 10.5 Å². The molecule has 5 heteroatoms. The Morgan fingerprint density at radius 1 is 1.04 bits per heavy atom. The lowest BCUT2D eigenvalue weighted by atomic mass is 9.97. The average molecular weight is 344 g/mol. The van der Waals surface area contributed by atoms with E-state index in [1.807, 2.05) is 54.6 Å². The van der Waals surface area contributed by atoms with Crippen LogP contribution in [0.2, 0.25) is 0 Å². The minimum Gasteiger partial charge on any atom is -0.454 e. The summed E-state index contributed by atoms with van der Waals surface area (Å²) in [6.45, 7) is 0.921. The maximum absolute atomic E-state index is 12.8. The van der Waals surface area contributed by atoms with Gasteiger partial charge in [-0.25, -0.2) is 4.79 Å². The SMILES string of the molecule is C/C(N)=C(/C#N)C(=O)COC(=O)c1c2ccccc2cc2ccccc12. The van der Waals surface area contributed by atoms with Crippen molar-refractivity contribution >= 4 is 33.3 Å². The number of hydrogen-bond donors (Lipinski definition) is 1. The van der Waals surface area contributed by atoms with E-state index in [9.17, 15) is 9.59 Å². The second kappa shape index (κ2) is 7.08. The third-order valence-corrected chi connectivity index (χ3v) is 4.09. The zero-order chi connectivity index (χ0) is 18.7. The van der Waals surface area contributed by atoms with Gasteiger partial charge in [0.1, 0.15) is 11.6 Å². The highest BCUT2D eigenvalue weighted by atomic mass is 16.5. The van der Waals surface area contributed by atoms with Crippen LogP contribution in [0, 0.1) is 11.3 Å². The second-order valence-corrected chi connectivity index (χ2v) is 5.86. The first-order chi connectivity index (χ1) is 12.5. The van der Waals surface area contributed by atoms with E-state index in [4.69, 9.17) is 15.7 Å². The summed E-state index contributed by atoms with van der Waals surface area (Å²) in [5, 5.41) is 12.3. The van der Waals surface area contributed by atoms with Crippen molar-refractivity contribution in [1.82, 2.24) is 0 Å². The van der Waals surface area contributed by atoms with Gasteiger partial charge in [-0.2, -0.15) is 5.26 Å². The number of nitrogens with zero attached hydrogens (tertiary/aromatic N) is 1. The number of rotatable bonds is 4. The summed E-state index contributed by atoms with van der Waals surface area (Å²) < 4.78 is 5.21. The van der Waals surface area contributed by atoms with E-state index >= 15 is 0 Å². The Balaban J connectivity index is 2.01. The monoisotopic (exact) mass is 344 g/mol. The fourth-order valence-corrected chi connectivity index (χ4v) is 2.88. The Morgan fingerprint density at radius 3 is 2.08 bits per heavy atom. The van der Waals surface area contributed by atoms with Gasteiger partial charge in [-0.3, -0.25) is 4.79 Å². The Morgan fingerprint density at radius 2 is 1.58 bits per heavy atom. The highest BCUT2D eigenvalue weighted by Gasteiger charge is 2.19. The summed E-state index contributed by atoms with van der Waals surface area (Å²) in [6.07, 6.45) is 0. The molecule has 0 unspecified atom stereocenters. The van der Waals surface area contributed by atoms with Gasteiger partial charge in [0.15, 0.2) is 6.61 Å². The van der Waals surface area contributed by atoms with Gasteiger partial charge in [0, 0.05) is 5.70 Å². The standard InChI is InChI=1S/C21H16N2O3/c1-13(23)18(11-22)19(24)12-26-21(25)20-16-8-4-2-6-14(16)10-15-7-3-5-9-17(15)20/h2-10H,12,23H2,1H3/b18-13+. The van der Waals surface area contributed by atoms with E-state index in [2.05, 4.69) is 0 Å². The van der Waals surface area contributed by atoms with E-state index in [1.54, 1.807) is 6.07 Å². The molecule has 26 heavy (non-hydrogen) atoms. The van der Waals surface area contributed by atoms with Crippen molar-refractivity contribution in [2.75, 3.05) is 6.61 Å². The molecule has 0 fully saturated rings. The Bertz CT molecular complexity index is 1050. The topological polar surface area (TPSA) is 93.2 Å². The molecule has 2 N–H and O–H groups in total. The number of ether oxygens (including phenoxy) is 1. The minimum atomic E-state index is -0.620. The molecule has 0 aliphatic heterocycles. The summed E-state index contributed by atoms with van der Waals surface area (Å²) in [5.41, 5.74) is 5.82. The maximum atomic E-state index is 12.8. The van der Waals surface area contributed by atoms with Crippen LogP contribution in [0.1, 0.15) is 17.3 Å². The first-order valence-electron chi connectivity index (χ1n) is 8.00. The number of Topliss-reactive ketones (excluding diaryl/α,β-unsaturated/α-hetero) is 1. The zero-order valence-corrected chi connectivity index (χ0v) is 14.2. The van der Waals surface area contributed by atoms with Crippen molar-refractivity contribution in [2.45, 2.75) is 6.92 Å². The summed E-state index contributed by atoms with van der Waals surface area (Å²) in [5.74, 6) is -1.23. The van der Waals surface area contributed by atoms with E-state index in [1.165, 1.54) is 6.92 Å². The van der Waals surface area contributed by atoms with E-state index in [0.29, 0.717) is 5.56 Å². The van der Waals surface area contributed by atoms with Crippen LogP contribution in [-0.4, -0.2) is 18.4 Å². The van der Waals surface area contributed by atoms with Crippen molar-refractivity contribution in [3.63, 3.8) is 0 Å². The number of carbonyl (C=O) groups excluding carboxylic acids is 2. The summed E-state index contributed by atoms with van der Waals surface area (Å²) in [4.78, 5) is 24.8. The van der Waals surface area contributed by atoms with Gasteiger partial charge in [-0.1, -0.05) is 48.5 Å². The lowest BCUT2D eigenvalue weighted by Gasteiger charge is -2.11. The third kappa shape index (κ3) is 3.13. The Hall–Kier alpha value is -3.65. The van der Waals surface area contributed by atoms with E-state index in [-0.39, 0.29) is 11.3 Å². The molecule has 0 saturated carbocycles. The quantitative estimate of drug-likeness (QED) is 0.338. The highest BCUT2D eigenvalue weighted by molar-refractivity contribution is 6.17. The molecule has 3 rings (SSSR count). The number of hydrogen-bond acceptors (Lipinski definition) is 5. The van der Waals surface area contributed by atoms with Gasteiger partial charge in [-0.15, -0.1) is 0 Å². The largest absolute Gasteiger partial charge is 0.454 e. The lowest BCUT2D eigenvalue weighted by molar-refractivity contribution is -0.118. The molecular weight excluding hydrogens is 328 g/mol. The van der Waals surface area contributed by atoms with Crippen molar-refractivity contribution < 1.29 is 14.3 Å². The number of benzene rings is 3. The van der Waals surface area contributed by atoms with Crippen LogP contribution in [0.25, 0.3) is 21.5 Å². The first kappa shape index (κ1) is 17.2. The van der Waals surface area contributed by atoms with Crippen LogP contribution in [0.4, 0.5) is 0 Å². The molecule has 0 aliphatic rings. The molecule has 3 aromatic carbocycles. The van der Waals surface area contributed by atoms with Crippen LogP contribution in [0.3, 0.4) is 0 Å². The molecular formula is C21H16N2O3. The highest BCUT2D eigenvalue weighted by Crippen LogP contribution is 2.29. The number of fused-ring (bicyclic) bond motifs is 2. The number of ketones is 1. The van der Waals surface area contributed by atoms with Crippen molar-refractivity contribution in [3.05, 3.63) is 71.4 Å². The number of allylic oxidation sites excluding steroid dienone is 1. The van der Waals surface area contributed by atoms with Crippen LogP contribution < -0.4 is 5.73 Å². The van der Waals surface area contributed by atoms with Gasteiger partial charge in [0.05, 0.1) is 5.56 Å². The summed E-state index contributed by atoms with van der Waals surface area (Å²) >= 11 is 0. The Labute approximate surface area is 150 Å². The molecule has 0 amide bonds. The number of nitrogens with two attached hydrogens (primary N) is 1. The molecule has 0 spiro atoms. The smallest absolute Gasteiger partial charge is 0.339 e. The number of esters is 1. The Kier molecular flexibility index (Phi) is 4.68. The normalized spacial score (nSPS) is 11.7. The molecule has 0 bridgehead atoms. The third-order valence-electron chi connectivity index (χ3n) is 4.09. The lowest BCUT2D eigenvalue weighted by Crippen LogP contribution is -2.18. The molecule has 0 heterocycles. The van der Waals surface area contributed by atoms with Crippen LogP contribution in [0.15, 0.2) is 65.9 Å². The first-order valence-corrected chi connectivity index (χ1v) is 8.00. The van der Waals surface area contributed by atoms with Crippen molar-refractivity contribution in [3.8, 4) is 6.07 Å². The number of nitriles is 1. The molecule has 0 aliphatic carbocycles. The molecule has 0 atom stereocenters. The molecule has 0 radical (unpaired) electrons. The van der Waals surface area contributed by atoms with Crippen LogP contribution in [0.5, 0.6) is 0 Å². The fraction of sp³-hybridized carbons (Fsp3) is 0.0952. The summed E-state index contributed by atoms with van der Waals surface area (Å²) in [7, 11) is 0. The van der Waals surface area contributed by atoms with Crippen LogP contribution in [-0.2, 0) is 9.53 Å². The summed E-state index contributed by atoms with van der Waals surface area (Å²) in [6, 6.07) is 18.7. The molecule has 3 aromatic rings. The molecule has 0 saturated heterocycles. The molecule has 5 nitrogen and oxygen atoms in total. The van der Waals surface area contributed by atoms with Crippen molar-refractivity contribution in [1.29, 1.82) is 5.26 Å². The van der Waals surface area contributed by atoms with Crippen molar-refractivity contribution in [2.24, 2.45) is 5.73 Å². The average Bonchev–Trinajstić information content (AvgIpc) is 2.64. The van der Waals surface area contributed by atoms with E-state index in [0.717, 1.165) is 21.5 Å². The second-order valence-electron chi connectivity index (χ2n) is 5.86. The van der Waals surface area contributed by atoms with Gasteiger partial charge in [-0.05, 0) is 34.5 Å². The maximum Gasteiger partial charge on any atom is 0.339 e. The van der Waals surface area contributed by atoms with Crippen LogP contribution >= 0.6 is 0 Å². The fourth-order valence-electron chi connectivity index (χ4n) is 2.88. The van der Waals surface area contributed by atoms with Gasteiger partial charge in [0.2, 0.25) is 5.78 Å². The zero-order valence-electron chi connectivity index (χ0n) is 14.2. The van der Waals surface area contributed by atoms with Gasteiger partial charge >= 0.3 is 5.97 Å². The van der Waals surface area contributed by atoms with Gasteiger partial charge in [0.25, 0.3) is 0 Å². The minimum absolute atomic E-state index is 0.101.